The Kier molecular flexibility index (Phi) is 7.31. The first kappa shape index (κ1) is 18.3. The van der Waals surface area contributed by atoms with Crippen LogP contribution in [0.3, 0.4) is 0 Å². The maximum atomic E-state index is 6.00. The molecule has 0 aromatic carbocycles. The van der Waals surface area contributed by atoms with E-state index in [-0.39, 0.29) is 11.0 Å². The highest BCUT2D eigenvalue weighted by atomic mass is 31.1. The Morgan fingerprint density at radius 1 is 1.06 bits per heavy atom. The van der Waals surface area contributed by atoms with E-state index in [9.17, 15) is 0 Å². The first-order chi connectivity index (χ1) is 8.09. The number of hydrogen-bond donors (Lipinski definition) is 0. The first-order valence-electron chi connectivity index (χ1n) is 6.82. The summed E-state index contributed by atoms with van der Waals surface area (Å²) in [5.74, 6) is 0.294. The predicted molar refractivity (Wildman–Crippen MR) is 80.9 cm³/mol. The Balaban J connectivity index is 5.32. The van der Waals surface area contributed by atoms with Gasteiger partial charge in [-0.2, -0.15) is 5.06 Å². The summed E-state index contributed by atoms with van der Waals surface area (Å²) in [6.45, 7) is 18.4. The van der Waals surface area contributed by atoms with Crippen LogP contribution in [0.4, 0.5) is 0 Å². The van der Waals surface area contributed by atoms with Gasteiger partial charge in [-0.1, -0.05) is 27.7 Å². The van der Waals surface area contributed by atoms with Crippen LogP contribution in [0.2, 0.25) is 0 Å². The van der Waals surface area contributed by atoms with Crippen LogP contribution in [-0.4, -0.2) is 36.3 Å². The monoisotopic (exact) mass is 277 g/mol. The summed E-state index contributed by atoms with van der Waals surface area (Å²) in [5.41, 5.74) is 0.0969. The summed E-state index contributed by atoms with van der Waals surface area (Å²) in [7, 11) is 1.24. The normalized spacial score (nSPS) is 17.0. The van der Waals surface area contributed by atoms with Gasteiger partial charge in [-0.3, -0.25) is 0 Å². The van der Waals surface area contributed by atoms with Gasteiger partial charge in [0.2, 0.25) is 0 Å². The molecule has 0 spiro atoms. The Labute approximate surface area is 115 Å². The quantitative estimate of drug-likeness (QED) is 0.528. The predicted octanol–water partition coefficient (Wildman–Crippen LogP) is 4.47. The van der Waals surface area contributed by atoms with Gasteiger partial charge in [0.25, 0.3) is 0 Å². The summed E-state index contributed by atoms with van der Waals surface area (Å²) in [4.78, 5) is 5.70. The fourth-order valence-electron chi connectivity index (χ4n) is 2.14. The van der Waals surface area contributed by atoms with Crippen LogP contribution < -0.4 is 0 Å². The average molecular weight is 277 g/mol. The zero-order chi connectivity index (χ0) is 14.6. The molecule has 0 N–H and O–H groups in total. The molecule has 0 aromatic heterocycles. The minimum Gasteiger partial charge on any atom is -0.358 e. The summed E-state index contributed by atoms with van der Waals surface area (Å²) in [5, 5.41) is 2.12. The molecule has 3 nitrogen and oxygen atoms in total. The van der Waals surface area contributed by atoms with Crippen LogP contribution in [0.5, 0.6) is 0 Å². The first-order valence-corrected chi connectivity index (χ1v) is 8.34. The fourth-order valence-corrected chi connectivity index (χ4v) is 4.68. The van der Waals surface area contributed by atoms with Crippen LogP contribution >= 0.6 is 8.15 Å². The second-order valence-corrected chi connectivity index (χ2v) is 8.78. The van der Waals surface area contributed by atoms with E-state index in [2.05, 4.69) is 60.5 Å². The van der Waals surface area contributed by atoms with E-state index in [0.29, 0.717) is 5.78 Å². The van der Waals surface area contributed by atoms with Gasteiger partial charge in [0.1, 0.15) is 0 Å². The van der Waals surface area contributed by atoms with Crippen molar-refractivity contribution < 1.29 is 9.36 Å². The third-order valence-corrected chi connectivity index (χ3v) is 5.48. The molecule has 0 aliphatic heterocycles. The van der Waals surface area contributed by atoms with E-state index in [1.807, 2.05) is 0 Å². The van der Waals surface area contributed by atoms with E-state index in [1.54, 1.807) is 7.11 Å². The molecule has 0 rings (SSSR count). The van der Waals surface area contributed by atoms with Crippen molar-refractivity contribution in [3.05, 3.63) is 0 Å². The molecule has 0 radical (unpaired) electrons. The maximum absolute atomic E-state index is 6.00. The molecule has 0 heterocycles. The van der Waals surface area contributed by atoms with Crippen LogP contribution in [0, 0.1) is 5.41 Å². The fraction of sp³-hybridized carbons (Fsp3) is 1.00. The minimum atomic E-state index is -0.519. The molecule has 0 saturated carbocycles. The molecule has 18 heavy (non-hydrogen) atoms. The Bertz CT molecular complexity index is 233. The smallest absolute Gasteiger partial charge is 0.0847 e. The third kappa shape index (κ3) is 5.13. The molecule has 0 amide bonds. The van der Waals surface area contributed by atoms with Crippen molar-refractivity contribution in [1.82, 2.24) is 5.06 Å². The van der Waals surface area contributed by atoms with Gasteiger partial charge in [-0.25, -0.2) is 0 Å². The number of rotatable bonds is 6. The van der Waals surface area contributed by atoms with E-state index >= 15 is 0 Å². The molecular formula is C14H32NO2P. The van der Waals surface area contributed by atoms with E-state index in [0.717, 1.165) is 12.8 Å². The van der Waals surface area contributed by atoms with E-state index in [4.69, 9.17) is 9.36 Å². The highest BCUT2D eigenvalue weighted by molar-refractivity contribution is 7.53. The highest BCUT2D eigenvalue weighted by Crippen LogP contribution is 2.52. The van der Waals surface area contributed by atoms with Crippen molar-refractivity contribution in [1.29, 1.82) is 0 Å². The zero-order valence-corrected chi connectivity index (χ0v) is 14.6. The molecule has 0 saturated heterocycles. The second-order valence-electron chi connectivity index (χ2n) is 6.57. The standard InChI is InChI=1S/C14H32NO2P/c1-10-17-18(11-2)12(13(3,4)5)15(16-9)14(6,7)8/h12H,10-11H2,1-9H3. The van der Waals surface area contributed by atoms with Crippen molar-refractivity contribution >= 4 is 8.15 Å². The van der Waals surface area contributed by atoms with Gasteiger partial charge in [0.05, 0.1) is 12.9 Å². The van der Waals surface area contributed by atoms with Crippen LogP contribution in [0.25, 0.3) is 0 Å². The van der Waals surface area contributed by atoms with E-state index < -0.39 is 8.15 Å². The molecule has 2 atom stereocenters. The van der Waals surface area contributed by atoms with Crippen molar-refractivity contribution in [3.8, 4) is 0 Å². The van der Waals surface area contributed by atoms with Gasteiger partial charge in [-0.15, -0.1) is 0 Å². The summed E-state index contributed by atoms with van der Waals surface area (Å²) >= 11 is 0. The maximum Gasteiger partial charge on any atom is 0.0847 e. The summed E-state index contributed by atoms with van der Waals surface area (Å²) in [6.07, 6.45) is 1.06. The molecular weight excluding hydrogens is 245 g/mol. The lowest BCUT2D eigenvalue weighted by Crippen LogP contribution is -2.52. The second kappa shape index (κ2) is 7.19. The van der Waals surface area contributed by atoms with Crippen LogP contribution in [0.15, 0.2) is 0 Å². The van der Waals surface area contributed by atoms with Crippen LogP contribution in [-0.2, 0) is 9.36 Å². The van der Waals surface area contributed by atoms with Crippen molar-refractivity contribution in [2.75, 3.05) is 19.9 Å². The molecule has 0 aromatic rings. The Hall–Kier alpha value is 0.310. The molecule has 110 valence electrons. The lowest BCUT2D eigenvalue weighted by Gasteiger charge is -2.47. The molecule has 0 fully saturated rings. The van der Waals surface area contributed by atoms with Crippen molar-refractivity contribution in [3.63, 3.8) is 0 Å². The number of hydrogen-bond acceptors (Lipinski definition) is 3. The van der Waals surface area contributed by atoms with Gasteiger partial charge in [-0.05, 0) is 39.3 Å². The molecule has 2 unspecified atom stereocenters. The lowest BCUT2D eigenvalue weighted by atomic mass is 9.94. The van der Waals surface area contributed by atoms with Gasteiger partial charge in [0, 0.05) is 20.3 Å². The average Bonchev–Trinajstić information content (AvgIpc) is 2.19. The molecule has 0 bridgehead atoms. The number of nitrogens with zero attached hydrogens (tertiary/aromatic N) is 1. The SMILES string of the molecule is CCOP(CC)C(N(OC)C(C)(C)C)C(C)(C)C. The number of hydroxylamine groups is 2. The Morgan fingerprint density at radius 3 is 1.78 bits per heavy atom. The third-order valence-electron chi connectivity index (χ3n) is 2.73. The highest BCUT2D eigenvalue weighted by Gasteiger charge is 2.42. The minimum absolute atomic E-state index is 0.0282. The summed E-state index contributed by atoms with van der Waals surface area (Å²) < 4.78 is 6.00. The van der Waals surface area contributed by atoms with Gasteiger partial charge >= 0.3 is 0 Å². The largest absolute Gasteiger partial charge is 0.358 e. The lowest BCUT2D eigenvalue weighted by molar-refractivity contribution is -0.213. The zero-order valence-electron chi connectivity index (χ0n) is 13.7. The van der Waals surface area contributed by atoms with Gasteiger partial charge < -0.3 is 9.36 Å². The molecule has 0 aliphatic carbocycles. The Morgan fingerprint density at radius 2 is 1.56 bits per heavy atom. The molecule has 4 heteroatoms. The molecule has 0 aliphatic rings. The van der Waals surface area contributed by atoms with Gasteiger partial charge in [0.15, 0.2) is 0 Å². The van der Waals surface area contributed by atoms with Crippen LogP contribution in [0.1, 0.15) is 55.4 Å². The summed E-state index contributed by atoms with van der Waals surface area (Å²) in [6, 6.07) is 0. The van der Waals surface area contributed by atoms with Crippen molar-refractivity contribution in [2.45, 2.75) is 66.7 Å². The topological polar surface area (TPSA) is 21.7 Å². The van der Waals surface area contributed by atoms with Crippen molar-refractivity contribution in [2.24, 2.45) is 5.41 Å². The van der Waals surface area contributed by atoms with E-state index in [1.165, 1.54) is 0 Å².